The van der Waals surface area contributed by atoms with Crippen molar-refractivity contribution in [2.45, 2.75) is 52.1 Å². The van der Waals surface area contributed by atoms with Gasteiger partial charge in [0.1, 0.15) is 0 Å². The lowest BCUT2D eigenvalue weighted by atomic mass is 10.1. The molecular weight excluding hydrogens is 210 g/mol. The van der Waals surface area contributed by atoms with Crippen LogP contribution in [0.15, 0.2) is 0 Å². The lowest BCUT2D eigenvalue weighted by Crippen LogP contribution is -2.54. The fourth-order valence-electron chi connectivity index (χ4n) is 2.61. The van der Waals surface area contributed by atoms with Crippen LogP contribution in [0.2, 0.25) is 0 Å². The molecule has 3 nitrogen and oxygen atoms in total. The molecule has 0 amide bonds. The Morgan fingerprint density at radius 1 is 1.24 bits per heavy atom. The summed E-state index contributed by atoms with van der Waals surface area (Å²) in [6.45, 7) is 13.0. The van der Waals surface area contributed by atoms with E-state index >= 15 is 0 Å². The molecule has 1 rings (SSSR count). The highest BCUT2D eigenvalue weighted by molar-refractivity contribution is 4.82. The number of piperazine rings is 1. The van der Waals surface area contributed by atoms with Gasteiger partial charge in [-0.05, 0) is 46.3 Å². The molecule has 0 aliphatic carbocycles. The van der Waals surface area contributed by atoms with Gasteiger partial charge in [-0.3, -0.25) is 4.90 Å². The minimum absolute atomic E-state index is 0.724. The highest BCUT2D eigenvalue weighted by Crippen LogP contribution is 2.14. The van der Waals surface area contributed by atoms with Gasteiger partial charge in [0.05, 0.1) is 0 Å². The average Bonchev–Trinajstić information content (AvgIpc) is 2.35. The van der Waals surface area contributed by atoms with Gasteiger partial charge in [-0.1, -0.05) is 13.8 Å². The molecule has 1 N–H and O–H groups in total. The molecule has 0 radical (unpaired) electrons. The fourth-order valence-corrected chi connectivity index (χ4v) is 2.61. The van der Waals surface area contributed by atoms with E-state index in [9.17, 15) is 0 Å². The molecule has 1 fully saturated rings. The van der Waals surface area contributed by atoms with E-state index in [1.165, 1.54) is 38.9 Å². The highest BCUT2D eigenvalue weighted by atomic mass is 15.3. The first-order valence-corrected chi connectivity index (χ1v) is 7.34. The number of hydrogen-bond donors (Lipinski definition) is 1. The van der Waals surface area contributed by atoms with E-state index in [1.54, 1.807) is 0 Å². The van der Waals surface area contributed by atoms with E-state index in [4.69, 9.17) is 0 Å². The zero-order chi connectivity index (χ0) is 12.7. The van der Waals surface area contributed by atoms with Crippen molar-refractivity contribution < 1.29 is 0 Å². The Morgan fingerprint density at radius 2 is 2.00 bits per heavy atom. The van der Waals surface area contributed by atoms with Crippen LogP contribution in [0.5, 0.6) is 0 Å². The van der Waals surface area contributed by atoms with Gasteiger partial charge in [-0.25, -0.2) is 0 Å². The topological polar surface area (TPSA) is 18.5 Å². The van der Waals surface area contributed by atoms with E-state index in [0.717, 1.165) is 25.2 Å². The lowest BCUT2D eigenvalue weighted by Gasteiger charge is -2.42. The third-order valence-corrected chi connectivity index (χ3v) is 4.07. The Balaban J connectivity index is 2.24. The van der Waals surface area contributed by atoms with Gasteiger partial charge in [-0.15, -0.1) is 0 Å². The number of nitrogens with zero attached hydrogens (tertiary/aromatic N) is 2. The Bertz CT molecular complexity index is 196. The van der Waals surface area contributed by atoms with Crippen LogP contribution in [0, 0.1) is 0 Å². The maximum Gasteiger partial charge on any atom is 0.0218 e. The smallest absolute Gasteiger partial charge is 0.0218 e. The van der Waals surface area contributed by atoms with Crippen LogP contribution in [0.1, 0.15) is 40.0 Å². The van der Waals surface area contributed by atoms with Crippen LogP contribution in [-0.2, 0) is 0 Å². The Morgan fingerprint density at radius 3 is 2.65 bits per heavy atom. The number of nitrogens with one attached hydrogen (secondary N) is 1. The largest absolute Gasteiger partial charge is 0.317 e. The normalized spacial score (nSPS) is 25.1. The first-order valence-electron chi connectivity index (χ1n) is 7.34. The van der Waals surface area contributed by atoms with Crippen LogP contribution in [0.3, 0.4) is 0 Å². The first kappa shape index (κ1) is 14.9. The van der Waals surface area contributed by atoms with Crippen molar-refractivity contribution in [3.63, 3.8) is 0 Å². The van der Waals surface area contributed by atoms with Gasteiger partial charge >= 0.3 is 0 Å². The number of likely N-dealkylation sites (N-methyl/N-ethyl adjacent to an activating group) is 1. The molecule has 102 valence electrons. The first-order chi connectivity index (χ1) is 8.19. The van der Waals surface area contributed by atoms with Crippen molar-refractivity contribution in [2.24, 2.45) is 0 Å². The highest BCUT2D eigenvalue weighted by Gasteiger charge is 2.25. The third-order valence-electron chi connectivity index (χ3n) is 4.07. The van der Waals surface area contributed by atoms with Crippen molar-refractivity contribution in [1.29, 1.82) is 0 Å². The second kappa shape index (κ2) is 8.06. The van der Waals surface area contributed by atoms with Crippen LogP contribution >= 0.6 is 0 Å². The summed E-state index contributed by atoms with van der Waals surface area (Å²) in [6.07, 6.45) is 3.79. The predicted octanol–water partition coefficient (Wildman–Crippen LogP) is 1.79. The SMILES string of the molecule is CCCNCCC(C)N1CCN(C)C(CC)C1. The van der Waals surface area contributed by atoms with Crippen molar-refractivity contribution >= 4 is 0 Å². The molecular formula is C14H31N3. The Labute approximate surface area is 108 Å². The van der Waals surface area contributed by atoms with E-state index in [1.807, 2.05) is 0 Å². The summed E-state index contributed by atoms with van der Waals surface area (Å²) in [7, 11) is 2.26. The van der Waals surface area contributed by atoms with E-state index in [0.29, 0.717) is 0 Å². The molecule has 0 aromatic carbocycles. The molecule has 1 saturated heterocycles. The maximum atomic E-state index is 3.50. The summed E-state index contributed by atoms with van der Waals surface area (Å²) in [5.41, 5.74) is 0. The molecule has 0 aromatic heterocycles. The molecule has 1 aliphatic rings. The molecule has 1 heterocycles. The predicted molar refractivity (Wildman–Crippen MR) is 75.5 cm³/mol. The summed E-state index contributed by atoms with van der Waals surface area (Å²) < 4.78 is 0. The second-order valence-electron chi connectivity index (χ2n) is 5.43. The number of rotatable bonds is 7. The van der Waals surface area contributed by atoms with Crippen molar-refractivity contribution in [1.82, 2.24) is 15.1 Å². The molecule has 3 heteroatoms. The van der Waals surface area contributed by atoms with Crippen LogP contribution in [0.4, 0.5) is 0 Å². The molecule has 0 saturated carbocycles. The van der Waals surface area contributed by atoms with Crippen molar-refractivity contribution in [2.75, 3.05) is 39.8 Å². The molecule has 2 unspecified atom stereocenters. The average molecular weight is 241 g/mol. The van der Waals surface area contributed by atoms with Gasteiger partial charge in [0.15, 0.2) is 0 Å². The summed E-state index contributed by atoms with van der Waals surface area (Å²) in [4.78, 5) is 5.18. The van der Waals surface area contributed by atoms with Gasteiger partial charge in [0, 0.05) is 31.7 Å². The van der Waals surface area contributed by atoms with Gasteiger partial charge in [0.25, 0.3) is 0 Å². The van der Waals surface area contributed by atoms with Crippen molar-refractivity contribution in [3.8, 4) is 0 Å². The lowest BCUT2D eigenvalue weighted by molar-refractivity contribution is 0.0651. The third kappa shape index (κ3) is 4.94. The Kier molecular flexibility index (Phi) is 7.09. The monoisotopic (exact) mass is 241 g/mol. The van der Waals surface area contributed by atoms with Crippen LogP contribution in [0.25, 0.3) is 0 Å². The Hall–Kier alpha value is -0.120. The summed E-state index contributed by atoms with van der Waals surface area (Å²) >= 11 is 0. The fraction of sp³-hybridized carbons (Fsp3) is 1.00. The molecule has 0 bridgehead atoms. The zero-order valence-corrected chi connectivity index (χ0v) is 12.2. The molecule has 2 atom stereocenters. The zero-order valence-electron chi connectivity index (χ0n) is 12.2. The van der Waals surface area contributed by atoms with Crippen LogP contribution < -0.4 is 5.32 Å². The molecule has 0 aromatic rings. The van der Waals surface area contributed by atoms with Gasteiger partial charge in [0.2, 0.25) is 0 Å². The number of hydrogen-bond acceptors (Lipinski definition) is 3. The minimum Gasteiger partial charge on any atom is -0.317 e. The van der Waals surface area contributed by atoms with Gasteiger partial charge in [-0.2, -0.15) is 0 Å². The van der Waals surface area contributed by atoms with Gasteiger partial charge < -0.3 is 10.2 Å². The summed E-state index contributed by atoms with van der Waals surface area (Å²) in [6, 6.07) is 1.48. The van der Waals surface area contributed by atoms with E-state index in [2.05, 4.69) is 42.9 Å². The molecule has 17 heavy (non-hydrogen) atoms. The standard InChI is InChI=1S/C14H31N3/c1-5-8-15-9-7-13(3)17-11-10-16(4)14(6-2)12-17/h13-15H,5-12H2,1-4H3. The molecule has 0 spiro atoms. The molecule has 1 aliphatic heterocycles. The van der Waals surface area contributed by atoms with E-state index in [-0.39, 0.29) is 0 Å². The summed E-state index contributed by atoms with van der Waals surface area (Å²) in [5, 5.41) is 3.50. The van der Waals surface area contributed by atoms with E-state index < -0.39 is 0 Å². The minimum atomic E-state index is 0.724. The maximum absolute atomic E-state index is 3.50. The quantitative estimate of drug-likeness (QED) is 0.686. The summed E-state index contributed by atoms with van der Waals surface area (Å²) in [5.74, 6) is 0. The van der Waals surface area contributed by atoms with Crippen molar-refractivity contribution in [3.05, 3.63) is 0 Å². The van der Waals surface area contributed by atoms with Crippen LogP contribution in [-0.4, -0.2) is 61.7 Å². The second-order valence-corrected chi connectivity index (χ2v) is 5.43.